The van der Waals surface area contributed by atoms with Gasteiger partial charge in [-0.1, -0.05) is 6.92 Å². The molecule has 3 heterocycles. The van der Waals surface area contributed by atoms with E-state index in [4.69, 9.17) is 4.74 Å². The van der Waals surface area contributed by atoms with Gasteiger partial charge in [-0.3, -0.25) is 9.69 Å². The van der Waals surface area contributed by atoms with Crippen molar-refractivity contribution in [2.75, 3.05) is 52.5 Å². The smallest absolute Gasteiger partial charge is 0.225 e. The minimum atomic E-state index is 0.185. The molecule has 2 atom stereocenters. The zero-order valence-electron chi connectivity index (χ0n) is 11.8. The third kappa shape index (κ3) is 2.78. The lowest BCUT2D eigenvalue weighted by Crippen LogP contribution is -2.50. The van der Waals surface area contributed by atoms with Crippen LogP contribution in [0.25, 0.3) is 0 Å². The second kappa shape index (κ2) is 5.77. The highest BCUT2D eigenvalue weighted by Gasteiger charge is 2.36. The Hall–Kier alpha value is -0.650. The Balaban J connectivity index is 1.51. The lowest BCUT2D eigenvalue weighted by molar-refractivity contribution is -0.136. The molecule has 19 heavy (non-hydrogen) atoms. The highest BCUT2D eigenvalue weighted by atomic mass is 16.5. The van der Waals surface area contributed by atoms with Crippen molar-refractivity contribution in [1.29, 1.82) is 0 Å². The fourth-order valence-corrected chi connectivity index (χ4v) is 3.34. The minimum absolute atomic E-state index is 0.185. The molecule has 0 aromatic carbocycles. The molecule has 0 spiro atoms. The van der Waals surface area contributed by atoms with E-state index in [0.29, 0.717) is 17.9 Å². The Morgan fingerprint density at radius 2 is 2.00 bits per heavy atom. The van der Waals surface area contributed by atoms with Gasteiger partial charge in [0.25, 0.3) is 0 Å². The first-order valence-corrected chi connectivity index (χ1v) is 7.57. The normalized spacial score (nSPS) is 31.2. The monoisotopic (exact) mass is 267 g/mol. The van der Waals surface area contributed by atoms with E-state index in [-0.39, 0.29) is 5.92 Å². The maximum absolute atomic E-state index is 12.5. The third-order valence-electron chi connectivity index (χ3n) is 4.95. The SMILES string of the molecule is CC(C(=O)N1CCC(N2CCOCC2)C1)C1CNC1. The summed E-state index contributed by atoms with van der Waals surface area (Å²) in [5.74, 6) is 1.10. The molecule has 5 heteroatoms. The summed E-state index contributed by atoms with van der Waals surface area (Å²) < 4.78 is 5.40. The summed E-state index contributed by atoms with van der Waals surface area (Å²) >= 11 is 0. The molecule has 3 aliphatic heterocycles. The number of rotatable bonds is 3. The fourth-order valence-electron chi connectivity index (χ4n) is 3.34. The van der Waals surface area contributed by atoms with Crippen LogP contribution in [-0.2, 0) is 9.53 Å². The summed E-state index contributed by atoms with van der Waals surface area (Å²) in [4.78, 5) is 17.0. The molecule has 0 aromatic rings. The van der Waals surface area contributed by atoms with Gasteiger partial charge in [0.15, 0.2) is 0 Å². The quantitative estimate of drug-likeness (QED) is 0.767. The molecule has 1 N–H and O–H groups in total. The van der Waals surface area contributed by atoms with E-state index in [1.165, 1.54) is 0 Å². The molecule has 1 amide bonds. The molecule has 3 fully saturated rings. The molecule has 5 nitrogen and oxygen atoms in total. The summed E-state index contributed by atoms with van der Waals surface area (Å²) in [6, 6.07) is 0.555. The number of hydrogen-bond donors (Lipinski definition) is 1. The van der Waals surface area contributed by atoms with Crippen molar-refractivity contribution in [1.82, 2.24) is 15.1 Å². The van der Waals surface area contributed by atoms with E-state index in [9.17, 15) is 4.79 Å². The Morgan fingerprint density at radius 1 is 1.26 bits per heavy atom. The van der Waals surface area contributed by atoms with Crippen molar-refractivity contribution in [3.63, 3.8) is 0 Å². The Morgan fingerprint density at radius 3 is 2.63 bits per heavy atom. The van der Waals surface area contributed by atoms with Crippen LogP contribution >= 0.6 is 0 Å². The van der Waals surface area contributed by atoms with Gasteiger partial charge < -0.3 is 15.0 Å². The van der Waals surface area contributed by atoms with Crippen LogP contribution in [0.15, 0.2) is 0 Å². The molecule has 3 aliphatic rings. The van der Waals surface area contributed by atoms with Crippen LogP contribution in [0.4, 0.5) is 0 Å². The largest absolute Gasteiger partial charge is 0.379 e. The Kier molecular flexibility index (Phi) is 4.05. The second-order valence-electron chi connectivity index (χ2n) is 6.08. The first-order valence-electron chi connectivity index (χ1n) is 7.57. The van der Waals surface area contributed by atoms with E-state index < -0.39 is 0 Å². The van der Waals surface area contributed by atoms with Crippen LogP contribution in [-0.4, -0.2) is 74.2 Å². The van der Waals surface area contributed by atoms with Crippen LogP contribution in [0.1, 0.15) is 13.3 Å². The van der Waals surface area contributed by atoms with Gasteiger partial charge in [-0.05, 0) is 25.4 Å². The van der Waals surface area contributed by atoms with Crippen molar-refractivity contribution < 1.29 is 9.53 Å². The summed E-state index contributed by atoms with van der Waals surface area (Å²) in [5, 5.41) is 3.26. The molecule has 3 rings (SSSR count). The van der Waals surface area contributed by atoms with E-state index in [1.54, 1.807) is 0 Å². The third-order valence-corrected chi connectivity index (χ3v) is 4.95. The second-order valence-corrected chi connectivity index (χ2v) is 6.08. The van der Waals surface area contributed by atoms with E-state index in [2.05, 4.69) is 22.0 Å². The molecular formula is C14H25N3O2. The van der Waals surface area contributed by atoms with Crippen molar-refractivity contribution in [3.8, 4) is 0 Å². The Bertz CT molecular complexity index is 327. The molecule has 0 aliphatic carbocycles. The number of nitrogens with one attached hydrogen (secondary N) is 1. The lowest BCUT2D eigenvalue weighted by atomic mass is 9.88. The van der Waals surface area contributed by atoms with Crippen molar-refractivity contribution >= 4 is 5.91 Å². The number of carbonyl (C=O) groups is 1. The molecule has 0 saturated carbocycles. The number of amides is 1. The average Bonchev–Trinajstić information content (AvgIpc) is 2.86. The maximum atomic E-state index is 12.5. The summed E-state index contributed by atoms with van der Waals surface area (Å²) in [6.45, 7) is 9.69. The van der Waals surface area contributed by atoms with E-state index in [1.807, 2.05) is 0 Å². The predicted molar refractivity (Wildman–Crippen MR) is 72.9 cm³/mol. The number of morpholine rings is 1. The van der Waals surface area contributed by atoms with E-state index in [0.717, 1.165) is 58.9 Å². The standard InChI is InChI=1S/C14H25N3O2/c1-11(12-8-15-9-12)14(18)17-3-2-13(10-17)16-4-6-19-7-5-16/h11-13,15H,2-10H2,1H3. The van der Waals surface area contributed by atoms with Crippen LogP contribution in [0.3, 0.4) is 0 Å². The van der Waals surface area contributed by atoms with Crippen LogP contribution in [0, 0.1) is 11.8 Å². The van der Waals surface area contributed by atoms with Crippen molar-refractivity contribution in [2.45, 2.75) is 19.4 Å². The van der Waals surface area contributed by atoms with Gasteiger partial charge in [0.1, 0.15) is 0 Å². The summed E-state index contributed by atoms with van der Waals surface area (Å²) in [5.41, 5.74) is 0. The number of carbonyl (C=O) groups excluding carboxylic acids is 1. The van der Waals surface area contributed by atoms with Crippen LogP contribution < -0.4 is 5.32 Å². The minimum Gasteiger partial charge on any atom is -0.379 e. The van der Waals surface area contributed by atoms with Gasteiger partial charge in [-0.2, -0.15) is 0 Å². The Labute approximate surface area is 115 Å². The fraction of sp³-hybridized carbons (Fsp3) is 0.929. The number of likely N-dealkylation sites (tertiary alicyclic amines) is 1. The molecular weight excluding hydrogens is 242 g/mol. The average molecular weight is 267 g/mol. The van der Waals surface area contributed by atoms with Gasteiger partial charge in [-0.15, -0.1) is 0 Å². The van der Waals surface area contributed by atoms with Crippen molar-refractivity contribution in [3.05, 3.63) is 0 Å². The zero-order chi connectivity index (χ0) is 13.2. The zero-order valence-corrected chi connectivity index (χ0v) is 11.8. The number of ether oxygens (including phenoxy) is 1. The van der Waals surface area contributed by atoms with Crippen LogP contribution in [0.2, 0.25) is 0 Å². The maximum Gasteiger partial charge on any atom is 0.225 e. The highest BCUT2D eigenvalue weighted by Crippen LogP contribution is 2.23. The van der Waals surface area contributed by atoms with E-state index >= 15 is 0 Å². The molecule has 3 saturated heterocycles. The molecule has 0 aromatic heterocycles. The van der Waals surface area contributed by atoms with Gasteiger partial charge in [-0.25, -0.2) is 0 Å². The first-order chi connectivity index (χ1) is 9.25. The number of nitrogens with zero attached hydrogens (tertiary/aromatic N) is 2. The van der Waals surface area contributed by atoms with Crippen LogP contribution in [0.5, 0.6) is 0 Å². The summed E-state index contributed by atoms with van der Waals surface area (Å²) in [6.07, 6.45) is 1.13. The van der Waals surface area contributed by atoms with Crippen molar-refractivity contribution in [2.24, 2.45) is 11.8 Å². The molecule has 0 radical (unpaired) electrons. The topological polar surface area (TPSA) is 44.8 Å². The van der Waals surface area contributed by atoms with Gasteiger partial charge in [0, 0.05) is 38.1 Å². The predicted octanol–water partition coefficient (Wildman–Crippen LogP) is -0.225. The highest BCUT2D eigenvalue weighted by molar-refractivity contribution is 5.79. The van der Waals surface area contributed by atoms with Gasteiger partial charge in [0.05, 0.1) is 13.2 Å². The molecule has 108 valence electrons. The molecule has 0 bridgehead atoms. The van der Waals surface area contributed by atoms with Gasteiger partial charge >= 0.3 is 0 Å². The summed E-state index contributed by atoms with van der Waals surface area (Å²) in [7, 11) is 0. The number of hydrogen-bond acceptors (Lipinski definition) is 4. The lowest BCUT2D eigenvalue weighted by Gasteiger charge is -2.35. The first kappa shape index (κ1) is 13.3. The van der Waals surface area contributed by atoms with Gasteiger partial charge in [0.2, 0.25) is 5.91 Å². The molecule has 2 unspecified atom stereocenters.